The van der Waals surface area contributed by atoms with Gasteiger partial charge < -0.3 is 19.9 Å². The van der Waals surface area contributed by atoms with Gasteiger partial charge in [0.2, 0.25) is 11.7 Å². The number of hydrogen-bond acceptors (Lipinski definition) is 6. The highest BCUT2D eigenvalue weighted by molar-refractivity contribution is 5.91. The summed E-state index contributed by atoms with van der Waals surface area (Å²) in [7, 11) is 0. The Kier molecular flexibility index (Phi) is 4.19. The second kappa shape index (κ2) is 5.24. The minimum absolute atomic E-state index is 0.461. The highest BCUT2D eigenvalue weighted by Crippen LogP contribution is 2.18. The topological polar surface area (TPSA) is 102 Å². The first-order valence-corrected chi connectivity index (χ1v) is 5.14. The number of nitrogens with one attached hydrogen (secondary N) is 1. The molecule has 2 N–H and O–H groups in total. The fraction of sp³-hybridized carbons (Fsp3) is 0.700. The van der Waals surface area contributed by atoms with E-state index in [4.69, 9.17) is 9.47 Å². The molecule has 1 rings (SSSR count). The van der Waals surface area contributed by atoms with Gasteiger partial charge in [-0.3, -0.25) is 14.4 Å². The number of hydrogen-bond donors (Lipinski definition) is 2. The molecule has 0 aliphatic carbocycles. The van der Waals surface area contributed by atoms with Gasteiger partial charge in [-0.1, -0.05) is 0 Å². The number of ether oxygens (including phenoxy) is 2. The lowest BCUT2D eigenvalue weighted by atomic mass is 9.99. The average molecular weight is 245 g/mol. The summed E-state index contributed by atoms with van der Waals surface area (Å²) in [5, 5.41) is 11.9. The summed E-state index contributed by atoms with van der Waals surface area (Å²) >= 11 is 0. The van der Waals surface area contributed by atoms with Crippen molar-refractivity contribution in [2.45, 2.75) is 45.3 Å². The minimum Gasteiger partial charge on any atom is -0.452 e. The number of aliphatic hydroxyl groups excluding tert-OH is 1. The zero-order valence-electron chi connectivity index (χ0n) is 9.80. The van der Waals surface area contributed by atoms with E-state index in [1.165, 1.54) is 13.8 Å². The Bertz CT molecular complexity index is 342. The largest absolute Gasteiger partial charge is 0.452 e. The lowest BCUT2D eigenvalue weighted by molar-refractivity contribution is -0.209. The summed E-state index contributed by atoms with van der Waals surface area (Å²) < 4.78 is 9.74. The summed E-state index contributed by atoms with van der Waals surface area (Å²) in [5.74, 6) is -1.62. The van der Waals surface area contributed by atoms with E-state index in [-0.39, 0.29) is 0 Å². The first-order valence-electron chi connectivity index (χ1n) is 5.14. The molecule has 1 fully saturated rings. The number of Topliss-reactive ketones (excluding diaryl/α,β-unsaturated/α-hetero) is 1. The van der Waals surface area contributed by atoms with Crippen LogP contribution in [-0.4, -0.2) is 47.3 Å². The molecule has 0 unspecified atom stereocenters. The van der Waals surface area contributed by atoms with E-state index in [2.05, 4.69) is 5.32 Å². The van der Waals surface area contributed by atoms with Crippen molar-refractivity contribution in [3.8, 4) is 0 Å². The van der Waals surface area contributed by atoms with Crippen LogP contribution in [0.2, 0.25) is 0 Å². The van der Waals surface area contributed by atoms with Gasteiger partial charge in [0.05, 0.1) is 0 Å². The molecule has 0 aromatic rings. The maximum absolute atomic E-state index is 11.7. The molecular weight excluding hydrogens is 230 g/mol. The summed E-state index contributed by atoms with van der Waals surface area (Å²) in [6.45, 7) is 3.80. The number of rotatable bonds is 2. The molecule has 1 amide bonds. The molecule has 0 aromatic carbocycles. The molecule has 4 atom stereocenters. The fourth-order valence-corrected chi connectivity index (χ4v) is 1.61. The second-order valence-corrected chi connectivity index (χ2v) is 3.83. The van der Waals surface area contributed by atoms with Crippen molar-refractivity contribution in [1.29, 1.82) is 0 Å². The Morgan fingerprint density at radius 1 is 1.41 bits per heavy atom. The van der Waals surface area contributed by atoms with Gasteiger partial charge in [0, 0.05) is 13.8 Å². The third-order valence-corrected chi connectivity index (χ3v) is 2.32. The van der Waals surface area contributed by atoms with Crippen molar-refractivity contribution in [3.63, 3.8) is 0 Å². The van der Waals surface area contributed by atoms with Crippen LogP contribution in [0, 0.1) is 0 Å². The van der Waals surface area contributed by atoms with Crippen molar-refractivity contribution in [2.24, 2.45) is 0 Å². The maximum atomic E-state index is 11.7. The number of amides is 1. The van der Waals surface area contributed by atoms with Crippen LogP contribution < -0.4 is 5.32 Å². The van der Waals surface area contributed by atoms with Gasteiger partial charge in [0.15, 0.2) is 12.4 Å². The third kappa shape index (κ3) is 3.24. The zero-order chi connectivity index (χ0) is 13.2. The highest BCUT2D eigenvalue weighted by atomic mass is 16.6. The quantitative estimate of drug-likeness (QED) is 0.588. The molecule has 0 saturated carbocycles. The number of carbonyl (C=O) groups excluding carboxylic acids is 3. The Balaban J connectivity index is 2.90. The predicted octanol–water partition coefficient (Wildman–Crippen LogP) is -1.27. The Morgan fingerprint density at radius 2 is 2.00 bits per heavy atom. The van der Waals surface area contributed by atoms with Crippen LogP contribution >= 0.6 is 0 Å². The van der Waals surface area contributed by atoms with Gasteiger partial charge in [0.1, 0.15) is 12.1 Å². The summed E-state index contributed by atoms with van der Waals surface area (Å²) in [5.41, 5.74) is 0. The van der Waals surface area contributed by atoms with Crippen LogP contribution in [0.3, 0.4) is 0 Å². The molecule has 7 nitrogen and oxygen atoms in total. The Hall–Kier alpha value is -1.47. The SMILES string of the molecule is CC(=O)N[C@H]1[C@H](O)O[C@H](C)C(=O)[C@@H]1OC(C)=O. The molecule has 0 radical (unpaired) electrons. The van der Waals surface area contributed by atoms with Crippen molar-refractivity contribution in [3.05, 3.63) is 0 Å². The van der Waals surface area contributed by atoms with E-state index in [0.717, 1.165) is 6.92 Å². The summed E-state index contributed by atoms with van der Waals surface area (Å²) in [6, 6.07) is -1.08. The van der Waals surface area contributed by atoms with Gasteiger partial charge in [-0.2, -0.15) is 0 Å². The normalized spacial score (nSPS) is 33.1. The van der Waals surface area contributed by atoms with Gasteiger partial charge >= 0.3 is 5.97 Å². The van der Waals surface area contributed by atoms with Crippen molar-refractivity contribution < 1.29 is 29.0 Å². The van der Waals surface area contributed by atoms with Crippen molar-refractivity contribution >= 4 is 17.7 Å². The van der Waals surface area contributed by atoms with Gasteiger partial charge in [-0.15, -0.1) is 0 Å². The van der Waals surface area contributed by atoms with E-state index in [1.807, 2.05) is 0 Å². The molecule has 1 heterocycles. The Morgan fingerprint density at radius 3 is 2.47 bits per heavy atom. The first-order chi connectivity index (χ1) is 7.82. The van der Waals surface area contributed by atoms with Crippen LogP contribution in [0.25, 0.3) is 0 Å². The van der Waals surface area contributed by atoms with E-state index in [0.29, 0.717) is 0 Å². The molecule has 1 aliphatic heterocycles. The van der Waals surface area contributed by atoms with E-state index in [1.54, 1.807) is 0 Å². The molecular formula is C10H15NO6. The predicted molar refractivity (Wildman–Crippen MR) is 54.7 cm³/mol. The van der Waals surface area contributed by atoms with E-state index >= 15 is 0 Å². The minimum atomic E-state index is -1.39. The molecule has 7 heteroatoms. The van der Waals surface area contributed by atoms with Crippen LogP contribution in [0.15, 0.2) is 0 Å². The highest BCUT2D eigenvalue weighted by Gasteiger charge is 2.45. The summed E-state index contributed by atoms with van der Waals surface area (Å²) in [4.78, 5) is 33.6. The smallest absolute Gasteiger partial charge is 0.303 e. The Labute approximate surface area is 98.1 Å². The van der Waals surface area contributed by atoms with E-state index < -0.39 is 42.2 Å². The number of carbonyl (C=O) groups is 3. The standard InChI is InChI=1S/C10H15NO6/c1-4-8(14)9(17-6(3)13)7(10(15)16-4)11-5(2)12/h4,7,9-10,15H,1-3H3,(H,11,12)/t4-,7-,9-,10-/m1/s1. The molecule has 0 spiro atoms. The zero-order valence-corrected chi connectivity index (χ0v) is 9.80. The van der Waals surface area contributed by atoms with Crippen LogP contribution in [0.1, 0.15) is 20.8 Å². The molecule has 1 aliphatic rings. The lowest BCUT2D eigenvalue weighted by Crippen LogP contribution is -2.62. The fourth-order valence-electron chi connectivity index (χ4n) is 1.61. The van der Waals surface area contributed by atoms with Gasteiger partial charge in [-0.25, -0.2) is 0 Å². The average Bonchev–Trinajstić information content (AvgIpc) is 2.19. The third-order valence-electron chi connectivity index (χ3n) is 2.32. The molecule has 17 heavy (non-hydrogen) atoms. The molecule has 96 valence electrons. The van der Waals surface area contributed by atoms with Crippen LogP contribution in [-0.2, 0) is 23.9 Å². The van der Waals surface area contributed by atoms with Crippen molar-refractivity contribution in [1.82, 2.24) is 5.32 Å². The van der Waals surface area contributed by atoms with Crippen molar-refractivity contribution in [2.75, 3.05) is 0 Å². The number of aliphatic hydroxyl groups is 1. The van der Waals surface area contributed by atoms with Crippen LogP contribution in [0.4, 0.5) is 0 Å². The molecule has 0 aromatic heterocycles. The van der Waals surface area contributed by atoms with E-state index in [9.17, 15) is 19.5 Å². The number of esters is 1. The van der Waals surface area contributed by atoms with Gasteiger partial charge in [-0.05, 0) is 6.92 Å². The summed E-state index contributed by atoms with van der Waals surface area (Å²) in [6.07, 6.45) is -3.51. The van der Waals surface area contributed by atoms with Crippen LogP contribution in [0.5, 0.6) is 0 Å². The lowest BCUT2D eigenvalue weighted by Gasteiger charge is -2.36. The molecule has 0 bridgehead atoms. The number of ketones is 1. The molecule has 1 saturated heterocycles. The second-order valence-electron chi connectivity index (χ2n) is 3.83. The maximum Gasteiger partial charge on any atom is 0.303 e. The monoisotopic (exact) mass is 245 g/mol. The van der Waals surface area contributed by atoms with Gasteiger partial charge in [0.25, 0.3) is 0 Å². The first kappa shape index (κ1) is 13.6.